The predicted octanol–water partition coefficient (Wildman–Crippen LogP) is 2.53. The Kier molecular flexibility index (Phi) is 8.54. The van der Waals surface area contributed by atoms with Crippen LogP contribution < -0.4 is 14.2 Å². The van der Waals surface area contributed by atoms with Gasteiger partial charge in [0.15, 0.2) is 11.5 Å². The van der Waals surface area contributed by atoms with Gasteiger partial charge >= 0.3 is 0 Å². The molecule has 2 aromatic rings. The molecular weight excluding hydrogens is 394 g/mol. The van der Waals surface area contributed by atoms with Crippen LogP contribution in [-0.2, 0) is 6.42 Å². The quantitative estimate of drug-likeness (QED) is 0.684. The minimum absolute atomic E-state index is 0. The number of rotatable bonds is 7. The van der Waals surface area contributed by atoms with Crippen molar-refractivity contribution in [2.75, 3.05) is 54.1 Å². The van der Waals surface area contributed by atoms with Gasteiger partial charge in [-0.05, 0) is 24.3 Å². The van der Waals surface area contributed by atoms with Crippen LogP contribution in [0.15, 0.2) is 36.5 Å². The maximum atomic E-state index is 13.0. The molecule has 1 aromatic carbocycles. The molecule has 0 N–H and O–H groups in total. The van der Waals surface area contributed by atoms with Crippen molar-refractivity contribution in [1.82, 2.24) is 14.8 Å². The summed E-state index contributed by atoms with van der Waals surface area (Å²) in [7, 11) is 4.64. The van der Waals surface area contributed by atoms with Crippen LogP contribution in [0.5, 0.6) is 17.2 Å². The highest BCUT2D eigenvalue weighted by molar-refractivity contribution is 5.95. The number of benzene rings is 1. The van der Waals surface area contributed by atoms with Crippen molar-refractivity contribution in [3.05, 3.63) is 47.8 Å². The van der Waals surface area contributed by atoms with Gasteiger partial charge in [0, 0.05) is 56.6 Å². The second-order valence-electron chi connectivity index (χ2n) is 6.62. The van der Waals surface area contributed by atoms with E-state index in [-0.39, 0.29) is 18.3 Å². The van der Waals surface area contributed by atoms with Crippen LogP contribution >= 0.6 is 12.4 Å². The van der Waals surface area contributed by atoms with Crippen LogP contribution in [0.4, 0.5) is 0 Å². The molecular formula is C21H28ClN3O4. The summed E-state index contributed by atoms with van der Waals surface area (Å²) >= 11 is 0. The molecule has 0 bridgehead atoms. The van der Waals surface area contributed by atoms with Crippen LogP contribution in [0.2, 0.25) is 0 Å². The zero-order valence-corrected chi connectivity index (χ0v) is 17.9. The third-order valence-electron chi connectivity index (χ3n) is 4.98. The Morgan fingerprint density at radius 1 is 1.00 bits per heavy atom. The van der Waals surface area contributed by atoms with E-state index in [0.717, 1.165) is 31.7 Å². The number of pyridine rings is 1. The van der Waals surface area contributed by atoms with Crippen molar-refractivity contribution < 1.29 is 19.0 Å². The lowest BCUT2D eigenvalue weighted by Gasteiger charge is -2.34. The first-order valence-corrected chi connectivity index (χ1v) is 9.37. The van der Waals surface area contributed by atoms with Crippen molar-refractivity contribution in [3.8, 4) is 17.2 Å². The smallest absolute Gasteiger partial charge is 0.254 e. The highest BCUT2D eigenvalue weighted by Gasteiger charge is 2.24. The zero-order chi connectivity index (χ0) is 19.9. The van der Waals surface area contributed by atoms with E-state index in [0.29, 0.717) is 35.9 Å². The van der Waals surface area contributed by atoms with Gasteiger partial charge in [-0.25, -0.2) is 0 Å². The molecule has 1 amide bonds. The molecule has 2 heterocycles. The van der Waals surface area contributed by atoms with Gasteiger partial charge in [0.1, 0.15) is 0 Å². The molecule has 0 spiro atoms. The number of hydrogen-bond donors (Lipinski definition) is 0. The second kappa shape index (κ2) is 10.9. The maximum absolute atomic E-state index is 13.0. The molecule has 0 radical (unpaired) electrons. The molecule has 3 rings (SSSR count). The molecule has 8 heteroatoms. The van der Waals surface area contributed by atoms with Crippen molar-refractivity contribution >= 4 is 18.3 Å². The summed E-state index contributed by atoms with van der Waals surface area (Å²) in [5, 5.41) is 0. The van der Waals surface area contributed by atoms with Crippen LogP contribution in [0.25, 0.3) is 0 Å². The second-order valence-corrected chi connectivity index (χ2v) is 6.62. The summed E-state index contributed by atoms with van der Waals surface area (Å²) in [6.45, 7) is 4.03. The fourth-order valence-electron chi connectivity index (χ4n) is 3.38. The van der Waals surface area contributed by atoms with Crippen molar-refractivity contribution in [3.63, 3.8) is 0 Å². The van der Waals surface area contributed by atoms with E-state index in [9.17, 15) is 4.79 Å². The van der Waals surface area contributed by atoms with E-state index >= 15 is 0 Å². The molecule has 1 aromatic heterocycles. The summed E-state index contributed by atoms with van der Waals surface area (Å²) in [6.07, 6.45) is 2.74. The van der Waals surface area contributed by atoms with E-state index in [1.165, 1.54) is 0 Å². The molecule has 0 aliphatic carbocycles. The number of carbonyl (C=O) groups is 1. The topological polar surface area (TPSA) is 64.1 Å². The number of piperazine rings is 1. The Bertz CT molecular complexity index is 771. The molecule has 0 saturated carbocycles. The Hall–Kier alpha value is -2.51. The molecule has 1 fully saturated rings. The van der Waals surface area contributed by atoms with E-state index in [1.54, 1.807) is 33.5 Å². The molecule has 1 aliphatic heterocycles. The largest absolute Gasteiger partial charge is 0.493 e. The molecule has 1 aliphatic rings. The summed E-state index contributed by atoms with van der Waals surface area (Å²) in [5.74, 6) is 1.43. The van der Waals surface area contributed by atoms with Gasteiger partial charge in [-0.2, -0.15) is 0 Å². The Morgan fingerprint density at radius 3 is 2.17 bits per heavy atom. The van der Waals surface area contributed by atoms with Gasteiger partial charge < -0.3 is 19.1 Å². The van der Waals surface area contributed by atoms with Gasteiger partial charge in [0.25, 0.3) is 5.91 Å². The molecule has 158 valence electrons. The van der Waals surface area contributed by atoms with Gasteiger partial charge in [0.2, 0.25) is 5.75 Å². The highest BCUT2D eigenvalue weighted by atomic mass is 35.5. The van der Waals surface area contributed by atoms with Crippen molar-refractivity contribution in [1.29, 1.82) is 0 Å². The van der Waals surface area contributed by atoms with Gasteiger partial charge in [-0.15, -0.1) is 12.4 Å². The molecule has 1 saturated heterocycles. The van der Waals surface area contributed by atoms with Gasteiger partial charge in [-0.1, -0.05) is 6.07 Å². The van der Waals surface area contributed by atoms with E-state index < -0.39 is 0 Å². The minimum atomic E-state index is -0.0244. The third kappa shape index (κ3) is 5.52. The standard InChI is InChI=1S/C21H27N3O4.ClH/c1-26-18-14-16(15-19(27-2)20(18)28-3)21(25)24-12-10-23(11-13-24)9-7-17-6-4-5-8-22-17;/h4-6,8,14-15H,7,9-13H2,1-3H3;1H. The minimum Gasteiger partial charge on any atom is -0.493 e. The summed E-state index contributed by atoms with van der Waals surface area (Å²) in [4.78, 5) is 21.6. The van der Waals surface area contributed by atoms with E-state index in [1.807, 2.05) is 29.3 Å². The van der Waals surface area contributed by atoms with Crippen LogP contribution in [-0.4, -0.2) is 74.7 Å². The fraction of sp³-hybridized carbons (Fsp3) is 0.429. The first kappa shape index (κ1) is 22.8. The third-order valence-corrected chi connectivity index (χ3v) is 4.98. The number of aromatic nitrogens is 1. The zero-order valence-electron chi connectivity index (χ0n) is 17.1. The number of ether oxygens (including phenoxy) is 3. The number of nitrogens with zero attached hydrogens (tertiary/aromatic N) is 3. The average molecular weight is 422 g/mol. The number of halogens is 1. The molecule has 29 heavy (non-hydrogen) atoms. The monoisotopic (exact) mass is 421 g/mol. The van der Waals surface area contributed by atoms with Crippen molar-refractivity contribution in [2.24, 2.45) is 0 Å². The Morgan fingerprint density at radius 2 is 1.66 bits per heavy atom. The molecule has 0 unspecified atom stereocenters. The lowest BCUT2D eigenvalue weighted by atomic mass is 10.1. The lowest BCUT2D eigenvalue weighted by Crippen LogP contribution is -2.49. The van der Waals surface area contributed by atoms with Gasteiger partial charge in [0.05, 0.1) is 21.3 Å². The summed E-state index contributed by atoms with van der Waals surface area (Å²) < 4.78 is 16.0. The molecule has 7 nitrogen and oxygen atoms in total. The van der Waals surface area contributed by atoms with E-state index in [4.69, 9.17) is 14.2 Å². The lowest BCUT2D eigenvalue weighted by molar-refractivity contribution is 0.0637. The maximum Gasteiger partial charge on any atom is 0.254 e. The average Bonchev–Trinajstić information content (AvgIpc) is 2.77. The van der Waals surface area contributed by atoms with Gasteiger partial charge in [-0.3, -0.25) is 14.7 Å². The normalized spacial score (nSPS) is 14.1. The summed E-state index contributed by atoms with van der Waals surface area (Å²) in [5.41, 5.74) is 1.63. The van der Waals surface area contributed by atoms with Crippen LogP contribution in [0.3, 0.4) is 0 Å². The Labute approximate surface area is 178 Å². The number of methoxy groups -OCH3 is 3. The molecule has 0 atom stereocenters. The predicted molar refractivity (Wildman–Crippen MR) is 114 cm³/mol. The SMILES string of the molecule is COc1cc(C(=O)N2CCN(CCc3ccccn3)CC2)cc(OC)c1OC.Cl. The highest BCUT2D eigenvalue weighted by Crippen LogP contribution is 2.38. The van der Waals surface area contributed by atoms with Crippen LogP contribution in [0, 0.1) is 0 Å². The number of amides is 1. The van der Waals surface area contributed by atoms with E-state index in [2.05, 4.69) is 9.88 Å². The fourth-order valence-corrected chi connectivity index (χ4v) is 3.38. The number of hydrogen-bond acceptors (Lipinski definition) is 6. The number of carbonyl (C=O) groups excluding carboxylic acids is 1. The summed E-state index contributed by atoms with van der Waals surface area (Å²) in [6, 6.07) is 9.39. The van der Waals surface area contributed by atoms with Crippen molar-refractivity contribution in [2.45, 2.75) is 6.42 Å². The van der Waals surface area contributed by atoms with Crippen LogP contribution in [0.1, 0.15) is 16.1 Å². The first-order valence-electron chi connectivity index (χ1n) is 9.37. The first-order chi connectivity index (χ1) is 13.7. The Balaban J connectivity index is 0.00000300.